The molecule has 0 radical (unpaired) electrons. The zero-order valence-electron chi connectivity index (χ0n) is 7.89. The first-order chi connectivity index (χ1) is 7.13. The van der Waals surface area contributed by atoms with Gasteiger partial charge in [-0.2, -0.15) is 0 Å². The Kier molecular flexibility index (Phi) is 2.75. The molecule has 0 aliphatic carbocycles. The number of nitrogens with one attached hydrogen (secondary N) is 1. The van der Waals surface area contributed by atoms with Crippen LogP contribution in [0.25, 0.3) is 0 Å². The molecule has 3 nitrogen and oxygen atoms in total. The molecular weight excluding hydrogens is 263 g/mol. The van der Waals surface area contributed by atoms with Crippen LogP contribution in [0.5, 0.6) is 0 Å². The van der Waals surface area contributed by atoms with Crippen LogP contribution < -0.4 is 11.1 Å². The number of anilines is 1. The molecule has 0 bridgehead atoms. The van der Waals surface area contributed by atoms with Gasteiger partial charge in [-0.05, 0) is 40.2 Å². The highest BCUT2D eigenvalue weighted by molar-refractivity contribution is 9.10. The van der Waals surface area contributed by atoms with Crippen molar-refractivity contribution in [3.63, 3.8) is 0 Å². The summed E-state index contributed by atoms with van der Waals surface area (Å²) in [7, 11) is 0. The van der Waals surface area contributed by atoms with E-state index in [0.717, 1.165) is 5.56 Å². The molecular formula is C10H10BrFN2O. The third-order valence-corrected chi connectivity index (χ3v) is 3.34. The molecule has 1 aromatic rings. The summed E-state index contributed by atoms with van der Waals surface area (Å²) in [6.45, 7) is 0.336. The van der Waals surface area contributed by atoms with E-state index in [0.29, 0.717) is 23.1 Å². The van der Waals surface area contributed by atoms with Crippen LogP contribution in [0, 0.1) is 5.82 Å². The second-order valence-electron chi connectivity index (χ2n) is 3.51. The van der Waals surface area contributed by atoms with Gasteiger partial charge in [0.25, 0.3) is 0 Å². The second kappa shape index (κ2) is 3.90. The van der Waals surface area contributed by atoms with E-state index in [1.54, 1.807) is 6.07 Å². The minimum atomic E-state index is -0.330. The van der Waals surface area contributed by atoms with Gasteiger partial charge >= 0.3 is 0 Å². The molecule has 15 heavy (non-hydrogen) atoms. The third-order valence-electron chi connectivity index (χ3n) is 2.53. The molecule has 1 amide bonds. The number of halogens is 2. The number of carbonyl (C=O) groups excluding carboxylic acids is 1. The summed E-state index contributed by atoms with van der Waals surface area (Å²) in [6.07, 6.45) is 0.311. The maximum absolute atomic E-state index is 13.3. The van der Waals surface area contributed by atoms with Crippen LogP contribution in [-0.4, -0.2) is 12.5 Å². The second-order valence-corrected chi connectivity index (χ2v) is 4.30. The molecule has 5 heteroatoms. The average molecular weight is 273 g/mol. The molecule has 0 spiro atoms. The lowest BCUT2D eigenvalue weighted by atomic mass is 9.90. The van der Waals surface area contributed by atoms with Crippen LogP contribution in [0.2, 0.25) is 0 Å². The quantitative estimate of drug-likeness (QED) is 0.822. The first-order valence-electron chi connectivity index (χ1n) is 4.61. The summed E-state index contributed by atoms with van der Waals surface area (Å²) in [4.78, 5) is 11.3. The molecule has 1 atom stereocenters. The molecule has 80 valence electrons. The van der Waals surface area contributed by atoms with Gasteiger partial charge in [0.2, 0.25) is 5.91 Å². The smallest absolute Gasteiger partial charge is 0.225 e. The number of nitrogens with two attached hydrogens (primary N) is 1. The van der Waals surface area contributed by atoms with Crippen molar-refractivity contribution in [2.24, 2.45) is 5.73 Å². The van der Waals surface area contributed by atoms with Gasteiger partial charge < -0.3 is 11.1 Å². The van der Waals surface area contributed by atoms with E-state index in [9.17, 15) is 9.18 Å². The van der Waals surface area contributed by atoms with E-state index in [2.05, 4.69) is 21.2 Å². The summed E-state index contributed by atoms with van der Waals surface area (Å²) < 4.78 is 13.7. The Bertz CT molecular complexity index is 422. The van der Waals surface area contributed by atoms with Gasteiger partial charge in [0.05, 0.1) is 4.47 Å². The Balaban J connectivity index is 2.57. The highest BCUT2D eigenvalue weighted by Crippen LogP contribution is 2.38. The molecule has 0 aromatic heterocycles. The van der Waals surface area contributed by atoms with Crippen LogP contribution in [-0.2, 0) is 4.79 Å². The summed E-state index contributed by atoms with van der Waals surface area (Å²) in [5, 5.41) is 2.70. The fraction of sp³-hybridized carbons (Fsp3) is 0.300. The van der Waals surface area contributed by atoms with Gasteiger partial charge in [0, 0.05) is 18.0 Å². The topological polar surface area (TPSA) is 55.1 Å². The van der Waals surface area contributed by atoms with Crippen molar-refractivity contribution in [1.82, 2.24) is 0 Å². The minimum absolute atomic E-state index is 0.0727. The predicted octanol–water partition coefficient (Wildman–Crippen LogP) is 1.97. The SMILES string of the molecule is NCC1CC(=O)Nc2ccc(F)c(Br)c21. The van der Waals surface area contributed by atoms with Crippen molar-refractivity contribution in [1.29, 1.82) is 0 Å². The highest BCUT2D eigenvalue weighted by atomic mass is 79.9. The molecule has 1 aliphatic rings. The minimum Gasteiger partial charge on any atom is -0.330 e. The summed E-state index contributed by atoms with van der Waals surface area (Å²) >= 11 is 3.19. The predicted molar refractivity (Wildman–Crippen MR) is 59.1 cm³/mol. The standard InChI is InChI=1S/C10H10BrFN2O/c11-10-6(12)1-2-7-9(10)5(4-13)3-8(15)14-7/h1-2,5H,3-4,13H2,(H,14,15). The van der Waals surface area contributed by atoms with Gasteiger partial charge in [-0.25, -0.2) is 4.39 Å². The maximum atomic E-state index is 13.3. The third kappa shape index (κ3) is 1.77. The monoisotopic (exact) mass is 272 g/mol. The molecule has 2 rings (SSSR count). The van der Waals surface area contributed by atoms with Crippen molar-refractivity contribution >= 4 is 27.5 Å². The van der Waals surface area contributed by atoms with Crippen molar-refractivity contribution in [2.75, 3.05) is 11.9 Å². The summed E-state index contributed by atoms with van der Waals surface area (Å²) in [6, 6.07) is 2.89. The zero-order valence-corrected chi connectivity index (χ0v) is 9.47. The van der Waals surface area contributed by atoms with E-state index < -0.39 is 0 Å². The van der Waals surface area contributed by atoms with Crippen LogP contribution in [0.1, 0.15) is 17.9 Å². The van der Waals surface area contributed by atoms with Crippen LogP contribution >= 0.6 is 15.9 Å². The normalized spacial score (nSPS) is 19.7. The van der Waals surface area contributed by atoms with E-state index in [-0.39, 0.29) is 17.6 Å². The molecule has 1 aliphatic heterocycles. The maximum Gasteiger partial charge on any atom is 0.225 e. The molecule has 1 aromatic carbocycles. The average Bonchev–Trinajstić information content (AvgIpc) is 2.22. The number of amides is 1. The molecule has 0 saturated carbocycles. The first-order valence-corrected chi connectivity index (χ1v) is 5.40. The Morgan fingerprint density at radius 1 is 1.60 bits per heavy atom. The summed E-state index contributed by atoms with van der Waals surface area (Å²) in [5.41, 5.74) is 6.99. The number of benzene rings is 1. The lowest BCUT2D eigenvalue weighted by Crippen LogP contribution is -2.27. The van der Waals surface area contributed by atoms with Gasteiger partial charge in [-0.3, -0.25) is 4.79 Å². The van der Waals surface area contributed by atoms with Crippen molar-refractivity contribution < 1.29 is 9.18 Å². The largest absolute Gasteiger partial charge is 0.330 e. The number of rotatable bonds is 1. The molecule has 1 unspecified atom stereocenters. The Morgan fingerprint density at radius 2 is 2.33 bits per heavy atom. The lowest BCUT2D eigenvalue weighted by molar-refractivity contribution is -0.116. The fourth-order valence-corrected chi connectivity index (χ4v) is 2.47. The Morgan fingerprint density at radius 3 is 3.00 bits per heavy atom. The first kappa shape index (κ1) is 10.6. The van der Waals surface area contributed by atoms with Gasteiger partial charge in [0.15, 0.2) is 0 Å². The van der Waals surface area contributed by atoms with Crippen molar-refractivity contribution in [3.8, 4) is 0 Å². The fourth-order valence-electron chi connectivity index (χ4n) is 1.80. The number of hydrogen-bond acceptors (Lipinski definition) is 2. The number of carbonyl (C=O) groups is 1. The molecule has 0 saturated heterocycles. The molecule has 3 N–H and O–H groups in total. The van der Waals surface area contributed by atoms with Gasteiger partial charge in [-0.1, -0.05) is 0 Å². The van der Waals surface area contributed by atoms with E-state index >= 15 is 0 Å². The van der Waals surface area contributed by atoms with Crippen molar-refractivity contribution in [2.45, 2.75) is 12.3 Å². The molecule has 1 heterocycles. The van der Waals surface area contributed by atoms with Crippen LogP contribution in [0.3, 0.4) is 0 Å². The lowest BCUT2D eigenvalue weighted by Gasteiger charge is -2.25. The zero-order chi connectivity index (χ0) is 11.0. The van der Waals surface area contributed by atoms with E-state index in [1.165, 1.54) is 6.07 Å². The van der Waals surface area contributed by atoms with Crippen LogP contribution in [0.4, 0.5) is 10.1 Å². The van der Waals surface area contributed by atoms with Crippen LogP contribution in [0.15, 0.2) is 16.6 Å². The Hall–Kier alpha value is -0.940. The van der Waals surface area contributed by atoms with E-state index in [4.69, 9.17) is 5.73 Å². The summed E-state index contributed by atoms with van der Waals surface area (Å²) in [5.74, 6) is -0.515. The van der Waals surface area contributed by atoms with E-state index in [1.807, 2.05) is 0 Å². The highest BCUT2D eigenvalue weighted by Gasteiger charge is 2.27. The molecule has 0 fully saturated rings. The number of fused-ring (bicyclic) bond motifs is 1. The van der Waals surface area contributed by atoms with Gasteiger partial charge in [-0.15, -0.1) is 0 Å². The number of hydrogen-bond donors (Lipinski definition) is 2. The van der Waals surface area contributed by atoms with Crippen molar-refractivity contribution in [3.05, 3.63) is 28.0 Å². The Labute approximate surface area is 95.0 Å². The van der Waals surface area contributed by atoms with Gasteiger partial charge in [0.1, 0.15) is 5.82 Å².